The number of benzene rings is 1. The molecule has 1 unspecified atom stereocenters. The summed E-state index contributed by atoms with van der Waals surface area (Å²) in [5.41, 5.74) is 2.01. The number of hydrogen-bond donors (Lipinski definition) is 1. The summed E-state index contributed by atoms with van der Waals surface area (Å²) in [7, 11) is 0. The summed E-state index contributed by atoms with van der Waals surface area (Å²) in [6, 6.07) is 3.83. The fourth-order valence-electron chi connectivity index (χ4n) is 2.68. The Kier molecular flexibility index (Phi) is 4.47. The van der Waals surface area contributed by atoms with Crippen LogP contribution in [0.5, 0.6) is 0 Å². The first-order valence-electron chi connectivity index (χ1n) is 7.59. The lowest BCUT2D eigenvalue weighted by atomic mass is 9.95. The van der Waals surface area contributed by atoms with E-state index >= 15 is 0 Å². The van der Waals surface area contributed by atoms with Crippen LogP contribution >= 0.6 is 0 Å². The molecule has 4 nitrogen and oxygen atoms in total. The molecule has 2 aromatic rings. The van der Waals surface area contributed by atoms with Crippen LogP contribution in [0.4, 0.5) is 0 Å². The largest absolute Gasteiger partial charge is 0.388 e. The molecular weight excluding hydrogens is 264 g/mol. The number of aromatic nitrogens is 2. The lowest BCUT2D eigenvalue weighted by Crippen LogP contribution is -2.37. The molecule has 21 heavy (non-hydrogen) atoms. The molecule has 0 bridgehead atoms. The Balaban J connectivity index is 2.49. The van der Waals surface area contributed by atoms with E-state index < -0.39 is 5.60 Å². The van der Waals surface area contributed by atoms with Gasteiger partial charge in [-0.25, -0.2) is 4.98 Å². The van der Waals surface area contributed by atoms with Crippen LogP contribution in [0.25, 0.3) is 10.9 Å². The predicted molar refractivity (Wildman–Crippen MR) is 85.6 cm³/mol. The van der Waals surface area contributed by atoms with Crippen molar-refractivity contribution in [2.45, 2.75) is 59.1 Å². The van der Waals surface area contributed by atoms with Gasteiger partial charge in [-0.3, -0.25) is 9.36 Å². The van der Waals surface area contributed by atoms with Crippen molar-refractivity contribution in [3.8, 4) is 0 Å². The van der Waals surface area contributed by atoms with E-state index in [1.54, 1.807) is 6.33 Å². The zero-order chi connectivity index (χ0) is 15.6. The second-order valence-corrected chi connectivity index (χ2v) is 5.96. The van der Waals surface area contributed by atoms with Crippen LogP contribution in [0.15, 0.2) is 23.3 Å². The number of fused-ring (bicyclic) bond motifs is 1. The van der Waals surface area contributed by atoms with Crippen molar-refractivity contribution in [1.29, 1.82) is 0 Å². The molecule has 0 amide bonds. The van der Waals surface area contributed by atoms with Crippen molar-refractivity contribution in [3.05, 3.63) is 39.9 Å². The van der Waals surface area contributed by atoms with Crippen LogP contribution in [0.2, 0.25) is 0 Å². The first-order chi connectivity index (χ1) is 9.90. The quantitative estimate of drug-likeness (QED) is 0.920. The van der Waals surface area contributed by atoms with E-state index in [0.29, 0.717) is 24.8 Å². The maximum absolute atomic E-state index is 12.6. The zero-order valence-electron chi connectivity index (χ0n) is 13.3. The van der Waals surface area contributed by atoms with Crippen LogP contribution < -0.4 is 5.56 Å². The lowest BCUT2D eigenvalue weighted by Gasteiger charge is -2.27. The van der Waals surface area contributed by atoms with E-state index in [9.17, 15) is 9.90 Å². The number of nitrogens with zero attached hydrogens (tertiary/aromatic N) is 2. The fourth-order valence-corrected chi connectivity index (χ4v) is 2.68. The van der Waals surface area contributed by atoms with Crippen LogP contribution in [-0.4, -0.2) is 20.3 Å². The molecule has 0 fully saturated rings. The Hall–Kier alpha value is -1.68. The number of hydrogen-bond acceptors (Lipinski definition) is 3. The second kappa shape index (κ2) is 5.98. The molecule has 0 aliphatic carbocycles. The van der Waals surface area contributed by atoms with E-state index in [2.05, 4.69) is 4.98 Å². The van der Waals surface area contributed by atoms with Gasteiger partial charge in [-0.1, -0.05) is 20.3 Å². The van der Waals surface area contributed by atoms with Crippen LogP contribution in [0.1, 0.15) is 44.2 Å². The third-order valence-electron chi connectivity index (χ3n) is 4.28. The summed E-state index contributed by atoms with van der Waals surface area (Å²) in [4.78, 5) is 17.0. The molecular formula is C17H24N2O2. The first kappa shape index (κ1) is 15.7. The van der Waals surface area contributed by atoms with Crippen molar-refractivity contribution in [2.24, 2.45) is 0 Å². The molecule has 1 atom stereocenters. The van der Waals surface area contributed by atoms with Gasteiger partial charge in [0.25, 0.3) is 5.56 Å². The minimum Gasteiger partial charge on any atom is -0.388 e. The Bertz CT molecular complexity index is 706. The smallest absolute Gasteiger partial charge is 0.261 e. The molecule has 0 saturated heterocycles. The van der Waals surface area contributed by atoms with Crippen molar-refractivity contribution in [2.75, 3.05) is 0 Å². The number of rotatable bonds is 5. The molecule has 1 heterocycles. The van der Waals surface area contributed by atoms with Crippen LogP contribution in [-0.2, 0) is 6.54 Å². The molecule has 0 aliphatic heterocycles. The minimum atomic E-state index is -0.840. The highest BCUT2D eigenvalue weighted by Gasteiger charge is 2.25. The molecule has 0 aliphatic rings. The minimum absolute atomic E-state index is 0.0777. The molecule has 0 spiro atoms. The van der Waals surface area contributed by atoms with Gasteiger partial charge in [0.15, 0.2) is 0 Å². The number of aryl methyl sites for hydroxylation is 2. The topological polar surface area (TPSA) is 55.1 Å². The molecule has 0 radical (unpaired) electrons. The van der Waals surface area contributed by atoms with E-state index in [1.807, 2.05) is 39.8 Å². The monoisotopic (exact) mass is 288 g/mol. The highest BCUT2D eigenvalue weighted by Crippen LogP contribution is 2.20. The van der Waals surface area contributed by atoms with E-state index in [4.69, 9.17) is 0 Å². The Morgan fingerprint density at radius 1 is 1.24 bits per heavy atom. The molecule has 114 valence electrons. The van der Waals surface area contributed by atoms with Crippen LogP contribution in [0.3, 0.4) is 0 Å². The third-order valence-corrected chi connectivity index (χ3v) is 4.28. The number of aliphatic hydroxyl groups is 1. The highest BCUT2D eigenvalue weighted by molar-refractivity contribution is 5.79. The molecule has 1 aromatic heterocycles. The zero-order valence-corrected chi connectivity index (χ0v) is 13.3. The van der Waals surface area contributed by atoms with E-state index in [0.717, 1.165) is 23.1 Å². The normalized spacial score (nSPS) is 14.3. The Morgan fingerprint density at radius 2 is 1.90 bits per heavy atom. The van der Waals surface area contributed by atoms with Gasteiger partial charge in [0, 0.05) is 0 Å². The van der Waals surface area contributed by atoms with Gasteiger partial charge < -0.3 is 5.11 Å². The Labute approximate surface area is 125 Å². The average Bonchev–Trinajstić information content (AvgIpc) is 2.45. The van der Waals surface area contributed by atoms with Gasteiger partial charge in [0.1, 0.15) is 0 Å². The van der Waals surface area contributed by atoms with Gasteiger partial charge in [0.2, 0.25) is 0 Å². The predicted octanol–water partition coefficient (Wildman–Crippen LogP) is 2.95. The summed E-state index contributed by atoms with van der Waals surface area (Å²) in [6.07, 6.45) is 3.74. The van der Waals surface area contributed by atoms with Gasteiger partial charge in [-0.2, -0.15) is 0 Å². The summed E-state index contributed by atoms with van der Waals surface area (Å²) >= 11 is 0. The van der Waals surface area contributed by atoms with Gasteiger partial charge in [-0.15, -0.1) is 0 Å². The summed E-state index contributed by atoms with van der Waals surface area (Å²) in [6.45, 7) is 8.28. The van der Waals surface area contributed by atoms with Crippen LogP contribution in [0, 0.1) is 13.8 Å². The van der Waals surface area contributed by atoms with Gasteiger partial charge in [-0.05, 0) is 49.9 Å². The molecule has 4 heteroatoms. The summed E-state index contributed by atoms with van der Waals surface area (Å²) in [5.74, 6) is 0. The molecule has 1 aromatic carbocycles. The van der Waals surface area contributed by atoms with Crippen molar-refractivity contribution in [1.82, 2.24) is 9.55 Å². The molecule has 2 rings (SSSR count). The first-order valence-corrected chi connectivity index (χ1v) is 7.59. The Morgan fingerprint density at radius 3 is 2.52 bits per heavy atom. The van der Waals surface area contributed by atoms with Crippen molar-refractivity contribution >= 4 is 10.9 Å². The van der Waals surface area contributed by atoms with E-state index in [1.165, 1.54) is 4.57 Å². The highest BCUT2D eigenvalue weighted by atomic mass is 16.3. The summed E-state index contributed by atoms with van der Waals surface area (Å²) < 4.78 is 1.54. The SMILES string of the molecule is CCCC(O)(CC)Cn1cnc2cc(C)c(C)cc2c1=O. The maximum Gasteiger partial charge on any atom is 0.261 e. The molecule has 1 N–H and O–H groups in total. The van der Waals surface area contributed by atoms with E-state index in [-0.39, 0.29) is 5.56 Å². The maximum atomic E-state index is 12.6. The average molecular weight is 288 g/mol. The summed E-state index contributed by atoms with van der Waals surface area (Å²) in [5, 5.41) is 11.2. The standard InChI is InChI=1S/C17H24N2O2/c1-5-7-17(21,6-2)10-19-11-18-15-9-13(4)12(3)8-14(15)16(19)20/h8-9,11,21H,5-7,10H2,1-4H3. The lowest BCUT2D eigenvalue weighted by molar-refractivity contribution is 0.00881. The van der Waals surface area contributed by atoms with Gasteiger partial charge >= 0.3 is 0 Å². The fraction of sp³-hybridized carbons (Fsp3) is 0.529. The third kappa shape index (κ3) is 3.16. The van der Waals surface area contributed by atoms with Gasteiger partial charge in [0.05, 0.1) is 29.4 Å². The molecule has 0 saturated carbocycles. The van der Waals surface area contributed by atoms with Crippen molar-refractivity contribution < 1.29 is 5.11 Å². The van der Waals surface area contributed by atoms with Crippen molar-refractivity contribution in [3.63, 3.8) is 0 Å². The second-order valence-electron chi connectivity index (χ2n) is 5.96.